The molecule has 1 unspecified atom stereocenters. The summed E-state index contributed by atoms with van der Waals surface area (Å²) in [5.41, 5.74) is 0.761. The van der Waals surface area contributed by atoms with Crippen LogP contribution in [0.1, 0.15) is 38.3 Å². The van der Waals surface area contributed by atoms with Gasteiger partial charge in [0.1, 0.15) is 5.82 Å². The fraction of sp³-hybridized carbons (Fsp3) is 0.647. The first-order valence-electron chi connectivity index (χ1n) is 7.90. The normalized spacial score (nSPS) is 12.8. The Morgan fingerprint density at radius 1 is 1.24 bits per heavy atom. The summed E-state index contributed by atoms with van der Waals surface area (Å²) in [7, 11) is 2.04. The number of rotatable bonds is 11. The first-order chi connectivity index (χ1) is 10.2. The van der Waals surface area contributed by atoms with Crippen LogP contribution in [-0.4, -0.2) is 44.8 Å². The third kappa shape index (κ3) is 7.02. The molecule has 0 spiro atoms. The lowest BCUT2D eigenvalue weighted by atomic mass is 10.1. The summed E-state index contributed by atoms with van der Waals surface area (Å²) in [5.74, 6) is -0.124. The van der Waals surface area contributed by atoms with Crippen LogP contribution in [0, 0.1) is 5.82 Å². The van der Waals surface area contributed by atoms with Crippen LogP contribution in [0.5, 0.6) is 0 Å². The number of likely N-dealkylation sites (N-methyl/N-ethyl adjacent to an activating group) is 1. The van der Waals surface area contributed by atoms with Crippen molar-refractivity contribution >= 4 is 0 Å². The molecular weight excluding hydrogens is 267 g/mol. The molecule has 21 heavy (non-hydrogen) atoms. The van der Waals surface area contributed by atoms with Gasteiger partial charge in [0.2, 0.25) is 0 Å². The molecule has 0 bridgehead atoms. The van der Waals surface area contributed by atoms with Gasteiger partial charge in [-0.3, -0.25) is 4.90 Å². The summed E-state index contributed by atoms with van der Waals surface area (Å²) in [5, 5.41) is 3.42. The molecular formula is C17H29FN2O. The Morgan fingerprint density at radius 3 is 2.71 bits per heavy atom. The minimum Gasteiger partial charge on any atom is -0.382 e. The van der Waals surface area contributed by atoms with Crippen LogP contribution in [0.15, 0.2) is 24.3 Å². The lowest BCUT2D eigenvalue weighted by Crippen LogP contribution is -2.32. The first-order valence-corrected chi connectivity index (χ1v) is 7.90. The molecule has 0 aliphatic heterocycles. The number of hydrogen-bond donors (Lipinski definition) is 1. The summed E-state index contributed by atoms with van der Waals surface area (Å²) in [6.07, 6.45) is 2.23. The number of halogens is 1. The highest BCUT2D eigenvalue weighted by Gasteiger charge is 2.14. The van der Waals surface area contributed by atoms with Gasteiger partial charge >= 0.3 is 0 Å². The second-order valence-electron chi connectivity index (χ2n) is 5.33. The molecule has 0 amide bonds. The van der Waals surface area contributed by atoms with Crippen molar-refractivity contribution in [1.29, 1.82) is 0 Å². The molecule has 120 valence electrons. The Hall–Kier alpha value is -0.970. The molecule has 1 N–H and O–H groups in total. The summed E-state index contributed by atoms with van der Waals surface area (Å²) in [6, 6.07) is 7.09. The van der Waals surface area contributed by atoms with E-state index >= 15 is 0 Å². The van der Waals surface area contributed by atoms with Crippen molar-refractivity contribution in [2.24, 2.45) is 0 Å². The number of nitrogens with one attached hydrogen (secondary N) is 1. The van der Waals surface area contributed by atoms with E-state index in [1.54, 1.807) is 6.07 Å². The summed E-state index contributed by atoms with van der Waals surface area (Å²) in [4.78, 5) is 2.17. The van der Waals surface area contributed by atoms with Gasteiger partial charge in [-0.05, 0) is 46.3 Å². The Bertz CT molecular complexity index is 387. The van der Waals surface area contributed by atoms with Crippen LogP contribution in [0.25, 0.3) is 0 Å². The van der Waals surface area contributed by atoms with Crippen LogP contribution in [0.3, 0.4) is 0 Å². The monoisotopic (exact) mass is 296 g/mol. The van der Waals surface area contributed by atoms with Crippen molar-refractivity contribution in [3.63, 3.8) is 0 Å². The van der Waals surface area contributed by atoms with E-state index in [0.717, 1.165) is 51.3 Å². The second-order valence-corrected chi connectivity index (χ2v) is 5.33. The summed E-state index contributed by atoms with van der Waals surface area (Å²) >= 11 is 0. The number of hydrogen-bond acceptors (Lipinski definition) is 3. The highest BCUT2D eigenvalue weighted by Crippen LogP contribution is 2.20. The SMILES string of the molecule is CCOCCCCNCCN(C)C(C)c1ccccc1F. The summed E-state index contributed by atoms with van der Waals surface area (Å²) in [6.45, 7) is 8.54. The molecule has 1 atom stereocenters. The van der Waals surface area contributed by atoms with Crippen molar-refractivity contribution in [3.05, 3.63) is 35.6 Å². The van der Waals surface area contributed by atoms with Crippen LogP contribution in [0.2, 0.25) is 0 Å². The van der Waals surface area contributed by atoms with E-state index in [4.69, 9.17) is 4.74 Å². The van der Waals surface area contributed by atoms with Crippen LogP contribution >= 0.6 is 0 Å². The van der Waals surface area contributed by atoms with Gasteiger partial charge in [-0.1, -0.05) is 18.2 Å². The van der Waals surface area contributed by atoms with E-state index in [2.05, 4.69) is 10.2 Å². The molecule has 4 heteroatoms. The molecule has 1 rings (SSSR count). The predicted molar refractivity (Wildman–Crippen MR) is 86.0 cm³/mol. The zero-order valence-electron chi connectivity index (χ0n) is 13.6. The van der Waals surface area contributed by atoms with Crippen LogP contribution < -0.4 is 5.32 Å². The number of nitrogens with zero attached hydrogens (tertiary/aromatic N) is 1. The Balaban J connectivity index is 2.16. The van der Waals surface area contributed by atoms with Crippen LogP contribution in [-0.2, 0) is 4.74 Å². The van der Waals surface area contributed by atoms with E-state index in [1.165, 1.54) is 6.07 Å². The highest BCUT2D eigenvalue weighted by atomic mass is 19.1. The fourth-order valence-corrected chi connectivity index (χ4v) is 2.22. The number of unbranched alkanes of at least 4 members (excludes halogenated alkanes) is 1. The average molecular weight is 296 g/mol. The maximum atomic E-state index is 13.7. The van der Waals surface area contributed by atoms with Gasteiger partial charge in [-0.15, -0.1) is 0 Å². The van der Waals surface area contributed by atoms with Gasteiger partial charge < -0.3 is 10.1 Å². The van der Waals surface area contributed by atoms with E-state index in [-0.39, 0.29) is 11.9 Å². The minimum absolute atomic E-state index is 0.0888. The third-order valence-corrected chi connectivity index (χ3v) is 3.75. The smallest absolute Gasteiger partial charge is 0.127 e. The quantitative estimate of drug-likeness (QED) is 0.635. The zero-order chi connectivity index (χ0) is 15.5. The molecule has 0 aliphatic carbocycles. The van der Waals surface area contributed by atoms with Gasteiger partial charge in [0.15, 0.2) is 0 Å². The topological polar surface area (TPSA) is 24.5 Å². The number of ether oxygens (including phenoxy) is 1. The van der Waals surface area contributed by atoms with Crippen LogP contribution in [0.4, 0.5) is 4.39 Å². The van der Waals surface area contributed by atoms with Gasteiger partial charge in [-0.2, -0.15) is 0 Å². The van der Waals surface area contributed by atoms with Crippen molar-refractivity contribution in [2.45, 2.75) is 32.7 Å². The second kappa shape index (κ2) is 10.7. The Kier molecular flexibility index (Phi) is 9.22. The van der Waals surface area contributed by atoms with E-state index < -0.39 is 0 Å². The van der Waals surface area contributed by atoms with Crippen molar-refractivity contribution in [2.75, 3.05) is 39.9 Å². The maximum absolute atomic E-state index is 13.7. The van der Waals surface area contributed by atoms with E-state index in [9.17, 15) is 4.39 Å². The molecule has 1 aromatic rings. The summed E-state index contributed by atoms with van der Waals surface area (Å²) < 4.78 is 19.0. The van der Waals surface area contributed by atoms with Crippen molar-refractivity contribution in [3.8, 4) is 0 Å². The average Bonchev–Trinajstić information content (AvgIpc) is 2.49. The molecule has 0 aromatic heterocycles. The van der Waals surface area contributed by atoms with Crippen molar-refractivity contribution < 1.29 is 9.13 Å². The molecule has 0 heterocycles. The lowest BCUT2D eigenvalue weighted by Gasteiger charge is -2.25. The maximum Gasteiger partial charge on any atom is 0.127 e. The molecule has 0 saturated heterocycles. The molecule has 1 aromatic carbocycles. The van der Waals surface area contributed by atoms with Gasteiger partial charge in [0.25, 0.3) is 0 Å². The predicted octanol–water partition coefficient (Wildman–Crippen LogP) is 3.22. The van der Waals surface area contributed by atoms with E-state index in [1.807, 2.05) is 33.0 Å². The number of benzene rings is 1. The van der Waals surface area contributed by atoms with Gasteiger partial charge in [-0.25, -0.2) is 4.39 Å². The molecule has 0 saturated carbocycles. The molecule has 0 radical (unpaired) electrons. The van der Waals surface area contributed by atoms with Gasteiger partial charge in [0, 0.05) is 37.9 Å². The molecule has 0 fully saturated rings. The van der Waals surface area contributed by atoms with E-state index in [0.29, 0.717) is 0 Å². The zero-order valence-corrected chi connectivity index (χ0v) is 13.6. The lowest BCUT2D eigenvalue weighted by molar-refractivity contribution is 0.143. The van der Waals surface area contributed by atoms with Gasteiger partial charge in [0.05, 0.1) is 0 Å². The first kappa shape index (κ1) is 18.1. The standard InChI is InChI=1S/C17H29FN2O/c1-4-21-14-8-7-11-19-12-13-20(3)15(2)16-9-5-6-10-17(16)18/h5-6,9-10,15,19H,4,7-8,11-14H2,1-3H3. The fourth-order valence-electron chi connectivity index (χ4n) is 2.22. The van der Waals surface area contributed by atoms with Crippen molar-refractivity contribution in [1.82, 2.24) is 10.2 Å². The highest BCUT2D eigenvalue weighted by molar-refractivity contribution is 5.20. The third-order valence-electron chi connectivity index (χ3n) is 3.75. The molecule has 0 aliphatic rings. The largest absolute Gasteiger partial charge is 0.382 e. The Morgan fingerprint density at radius 2 is 2.00 bits per heavy atom. The minimum atomic E-state index is -0.124. The molecule has 3 nitrogen and oxygen atoms in total. The Labute approximate surface area is 128 Å².